The summed E-state index contributed by atoms with van der Waals surface area (Å²) in [6.45, 7) is 3.55. The first-order valence-electron chi connectivity index (χ1n) is 8.02. The van der Waals surface area contributed by atoms with E-state index in [-0.39, 0.29) is 18.5 Å². The molecule has 6 heteroatoms. The van der Waals surface area contributed by atoms with E-state index in [9.17, 15) is 14.7 Å². The number of fused-ring (bicyclic) bond motifs is 1. The van der Waals surface area contributed by atoms with Crippen LogP contribution in [0.5, 0.6) is 0 Å². The molecule has 0 aliphatic carbocycles. The molecule has 2 amide bonds. The van der Waals surface area contributed by atoms with Gasteiger partial charge in [-0.2, -0.15) is 0 Å². The number of carbonyl (C=O) groups excluding carboxylic acids is 1. The molecular weight excluding hydrogens is 296 g/mol. The Hall–Kier alpha value is -2.08. The van der Waals surface area contributed by atoms with Gasteiger partial charge in [0.05, 0.1) is 12.0 Å². The van der Waals surface area contributed by atoms with E-state index in [1.54, 1.807) is 4.90 Å². The molecule has 1 aromatic rings. The van der Waals surface area contributed by atoms with Gasteiger partial charge in [-0.05, 0) is 24.5 Å². The number of urea groups is 1. The van der Waals surface area contributed by atoms with Crippen LogP contribution in [0.15, 0.2) is 24.3 Å². The first-order chi connectivity index (χ1) is 11.1. The second kappa shape index (κ2) is 6.20. The maximum absolute atomic E-state index is 12.6. The number of hydrogen-bond acceptors (Lipinski definition) is 3. The largest absolute Gasteiger partial charge is 0.481 e. The van der Waals surface area contributed by atoms with Crippen LogP contribution >= 0.6 is 0 Å². The highest BCUT2D eigenvalue weighted by molar-refractivity contribution is 5.91. The molecule has 0 bridgehead atoms. The normalized spacial score (nSPS) is 26.7. The fourth-order valence-corrected chi connectivity index (χ4v) is 3.60. The number of benzene rings is 1. The summed E-state index contributed by atoms with van der Waals surface area (Å²) >= 11 is 0. The number of carboxylic acids is 1. The number of aryl methyl sites for hydroxylation is 1. The molecule has 124 valence electrons. The van der Waals surface area contributed by atoms with Crippen LogP contribution in [0.2, 0.25) is 0 Å². The topological polar surface area (TPSA) is 78.9 Å². The summed E-state index contributed by atoms with van der Waals surface area (Å²) in [6.07, 6.45) is 1.29. The van der Waals surface area contributed by atoms with E-state index >= 15 is 0 Å². The molecular formula is C17H22N2O4. The zero-order chi connectivity index (χ0) is 16.4. The summed E-state index contributed by atoms with van der Waals surface area (Å²) in [7, 11) is 0. The average Bonchev–Trinajstić information content (AvgIpc) is 2.96. The van der Waals surface area contributed by atoms with Gasteiger partial charge in [0, 0.05) is 31.3 Å². The Kier molecular flexibility index (Phi) is 4.26. The molecule has 0 aromatic heterocycles. The lowest BCUT2D eigenvalue weighted by molar-refractivity contribution is -0.157. The molecule has 2 heterocycles. The first kappa shape index (κ1) is 15.8. The Morgan fingerprint density at radius 3 is 2.91 bits per heavy atom. The van der Waals surface area contributed by atoms with E-state index in [0.29, 0.717) is 26.2 Å². The van der Waals surface area contributed by atoms with E-state index in [4.69, 9.17) is 4.74 Å². The van der Waals surface area contributed by atoms with Crippen molar-refractivity contribution in [3.63, 3.8) is 0 Å². The van der Waals surface area contributed by atoms with Crippen LogP contribution in [0.25, 0.3) is 0 Å². The van der Waals surface area contributed by atoms with Crippen molar-refractivity contribution in [3.05, 3.63) is 29.8 Å². The molecule has 23 heavy (non-hydrogen) atoms. The summed E-state index contributed by atoms with van der Waals surface area (Å²) in [4.78, 5) is 26.0. The zero-order valence-corrected chi connectivity index (χ0v) is 13.2. The SMILES string of the molecule is CCc1ccccc1NC(=O)N1C[C@@H]2COCC[C@]2(C(=O)O)C1. The maximum Gasteiger partial charge on any atom is 0.321 e. The Labute approximate surface area is 135 Å². The highest BCUT2D eigenvalue weighted by Gasteiger charge is 2.54. The van der Waals surface area contributed by atoms with E-state index in [2.05, 4.69) is 5.32 Å². The lowest BCUT2D eigenvalue weighted by Crippen LogP contribution is -2.45. The smallest absolute Gasteiger partial charge is 0.321 e. The van der Waals surface area contributed by atoms with E-state index < -0.39 is 11.4 Å². The lowest BCUT2D eigenvalue weighted by Gasteiger charge is -2.33. The Morgan fingerprint density at radius 2 is 2.22 bits per heavy atom. The number of para-hydroxylation sites is 1. The number of likely N-dealkylation sites (tertiary alicyclic amines) is 1. The minimum atomic E-state index is -0.861. The van der Waals surface area contributed by atoms with Gasteiger partial charge in [-0.15, -0.1) is 0 Å². The van der Waals surface area contributed by atoms with Crippen molar-refractivity contribution in [2.75, 3.05) is 31.6 Å². The predicted octanol–water partition coefficient (Wildman–Crippen LogP) is 2.20. The molecule has 2 aliphatic heterocycles. The van der Waals surface area contributed by atoms with Crippen LogP contribution in [0, 0.1) is 11.3 Å². The van der Waals surface area contributed by atoms with Crippen LogP contribution in [0.3, 0.4) is 0 Å². The molecule has 1 aromatic carbocycles. The highest BCUT2D eigenvalue weighted by Crippen LogP contribution is 2.42. The minimum Gasteiger partial charge on any atom is -0.481 e. The molecule has 2 fully saturated rings. The van der Waals surface area contributed by atoms with Crippen molar-refractivity contribution in [1.29, 1.82) is 0 Å². The van der Waals surface area contributed by atoms with Gasteiger partial charge in [0.2, 0.25) is 0 Å². The molecule has 2 N–H and O–H groups in total. The van der Waals surface area contributed by atoms with Gasteiger partial charge in [-0.1, -0.05) is 25.1 Å². The fraction of sp³-hybridized carbons (Fsp3) is 0.529. The van der Waals surface area contributed by atoms with Crippen molar-refractivity contribution in [1.82, 2.24) is 4.90 Å². The van der Waals surface area contributed by atoms with Gasteiger partial charge in [-0.3, -0.25) is 4.79 Å². The molecule has 0 saturated carbocycles. The van der Waals surface area contributed by atoms with E-state index in [1.807, 2.05) is 31.2 Å². The van der Waals surface area contributed by atoms with Crippen LogP contribution in [0.1, 0.15) is 18.9 Å². The zero-order valence-electron chi connectivity index (χ0n) is 13.2. The Balaban J connectivity index is 1.75. The average molecular weight is 318 g/mol. The van der Waals surface area contributed by atoms with Gasteiger partial charge in [0.1, 0.15) is 0 Å². The molecule has 2 aliphatic rings. The van der Waals surface area contributed by atoms with Crippen LogP contribution in [-0.4, -0.2) is 48.3 Å². The summed E-state index contributed by atoms with van der Waals surface area (Å²) in [5.41, 5.74) is 0.990. The van der Waals surface area contributed by atoms with Crippen molar-refractivity contribution in [2.24, 2.45) is 11.3 Å². The Morgan fingerprint density at radius 1 is 1.43 bits per heavy atom. The van der Waals surface area contributed by atoms with E-state index in [1.165, 1.54) is 0 Å². The molecule has 0 spiro atoms. The minimum absolute atomic E-state index is 0.138. The summed E-state index contributed by atoms with van der Waals surface area (Å²) in [6, 6.07) is 7.43. The first-order valence-corrected chi connectivity index (χ1v) is 8.02. The number of amides is 2. The summed E-state index contributed by atoms with van der Waals surface area (Å²) < 4.78 is 5.42. The van der Waals surface area contributed by atoms with E-state index in [0.717, 1.165) is 17.7 Å². The third-order valence-electron chi connectivity index (χ3n) is 5.06. The number of carbonyl (C=O) groups is 2. The van der Waals surface area contributed by atoms with Gasteiger partial charge in [0.25, 0.3) is 0 Å². The van der Waals surface area contributed by atoms with Crippen molar-refractivity contribution in [2.45, 2.75) is 19.8 Å². The van der Waals surface area contributed by atoms with Crippen molar-refractivity contribution < 1.29 is 19.4 Å². The predicted molar refractivity (Wildman–Crippen MR) is 85.4 cm³/mol. The second-order valence-corrected chi connectivity index (χ2v) is 6.30. The number of nitrogens with zero attached hydrogens (tertiary/aromatic N) is 1. The lowest BCUT2D eigenvalue weighted by atomic mass is 9.74. The van der Waals surface area contributed by atoms with Gasteiger partial charge in [0.15, 0.2) is 0 Å². The van der Waals surface area contributed by atoms with Crippen LogP contribution in [-0.2, 0) is 16.0 Å². The molecule has 2 saturated heterocycles. The number of hydrogen-bond donors (Lipinski definition) is 2. The Bertz CT molecular complexity index is 618. The van der Waals surface area contributed by atoms with Gasteiger partial charge < -0.3 is 20.1 Å². The number of carboxylic acid groups (broad SMARTS) is 1. The quantitative estimate of drug-likeness (QED) is 0.895. The van der Waals surface area contributed by atoms with Crippen LogP contribution in [0.4, 0.5) is 10.5 Å². The summed E-state index contributed by atoms with van der Waals surface area (Å²) in [5.74, 6) is -0.962. The standard InChI is InChI=1S/C17H22N2O4/c1-2-12-5-3-4-6-14(12)18-16(22)19-9-13-10-23-8-7-17(13,11-19)15(20)21/h3-6,13H,2,7-11H2,1H3,(H,18,22)(H,20,21)/t13-,17+/m1/s1. The molecule has 6 nitrogen and oxygen atoms in total. The molecule has 2 atom stereocenters. The number of ether oxygens (including phenoxy) is 1. The maximum atomic E-state index is 12.6. The van der Waals surface area contributed by atoms with Gasteiger partial charge in [-0.25, -0.2) is 4.79 Å². The number of rotatable bonds is 3. The van der Waals surface area contributed by atoms with Gasteiger partial charge >= 0.3 is 12.0 Å². The molecule has 3 rings (SSSR count). The van der Waals surface area contributed by atoms with Crippen LogP contribution < -0.4 is 5.32 Å². The number of aliphatic carboxylic acids is 1. The second-order valence-electron chi connectivity index (χ2n) is 6.30. The number of nitrogens with one attached hydrogen (secondary N) is 1. The monoisotopic (exact) mass is 318 g/mol. The summed E-state index contributed by atoms with van der Waals surface area (Å²) in [5, 5.41) is 12.6. The fourth-order valence-electron chi connectivity index (χ4n) is 3.60. The number of anilines is 1. The third-order valence-corrected chi connectivity index (χ3v) is 5.06. The highest BCUT2D eigenvalue weighted by atomic mass is 16.5. The molecule has 0 radical (unpaired) electrons. The molecule has 0 unspecified atom stereocenters. The third kappa shape index (κ3) is 2.79. The van der Waals surface area contributed by atoms with Crippen molar-refractivity contribution in [3.8, 4) is 0 Å². The van der Waals surface area contributed by atoms with Crippen molar-refractivity contribution >= 4 is 17.7 Å².